The van der Waals surface area contributed by atoms with E-state index in [0.29, 0.717) is 44.9 Å². The zero-order valence-corrected chi connectivity index (χ0v) is 31.8. The van der Waals surface area contributed by atoms with E-state index in [1.54, 1.807) is 0 Å². The predicted octanol–water partition coefficient (Wildman–Crippen LogP) is -2.94. The molecule has 2 bridgehead atoms. The molecule has 21 atom stereocenters. The molecule has 56 heavy (non-hydrogen) atoms. The molecular weight excluding hydrogens is 744 g/mol. The molecule has 3 heterocycles. The molecule has 11 N–H and O–H groups in total. The number of aliphatic hydroxyl groups is 11. The second kappa shape index (κ2) is 15.6. The highest BCUT2D eigenvalue weighted by Crippen LogP contribution is 2.73. The highest BCUT2D eigenvalue weighted by molar-refractivity contribution is 5.77. The quantitative estimate of drug-likeness (QED) is 0.0631. The van der Waals surface area contributed by atoms with E-state index in [4.69, 9.17) is 28.4 Å². The number of carbonyl (C=O) groups is 1. The van der Waals surface area contributed by atoms with E-state index in [0.717, 1.165) is 18.4 Å². The number of rotatable bonds is 9. The molecule has 18 nitrogen and oxygen atoms in total. The average Bonchev–Trinajstić information content (AvgIpc) is 3.37. The molecule has 7 rings (SSSR count). The van der Waals surface area contributed by atoms with Crippen molar-refractivity contribution in [3.63, 3.8) is 0 Å². The van der Waals surface area contributed by atoms with Gasteiger partial charge in [-0.1, -0.05) is 19.9 Å². The molecule has 3 aliphatic heterocycles. The monoisotopic (exact) mass is 804 g/mol. The first-order chi connectivity index (χ1) is 26.4. The van der Waals surface area contributed by atoms with E-state index in [9.17, 15) is 61.0 Å². The van der Waals surface area contributed by atoms with Crippen molar-refractivity contribution < 1.29 is 89.4 Å². The highest BCUT2D eigenvalue weighted by atomic mass is 16.8. The lowest BCUT2D eigenvalue weighted by molar-refractivity contribution is -0.378. The Labute approximate surface area is 324 Å². The molecule has 18 heteroatoms. The van der Waals surface area contributed by atoms with Gasteiger partial charge in [0.2, 0.25) is 6.29 Å². The summed E-state index contributed by atoms with van der Waals surface area (Å²) in [6, 6.07) is 0. The number of aliphatic hydroxyl groups excluding tert-OH is 11. The summed E-state index contributed by atoms with van der Waals surface area (Å²) in [7, 11) is 0. The van der Waals surface area contributed by atoms with Crippen LogP contribution < -0.4 is 0 Å². The summed E-state index contributed by atoms with van der Waals surface area (Å²) in [6.45, 7) is 6.52. The van der Waals surface area contributed by atoms with Gasteiger partial charge in [-0.3, -0.25) is 4.79 Å². The topological polar surface area (TPSA) is 295 Å². The Kier molecular flexibility index (Phi) is 11.9. The summed E-state index contributed by atoms with van der Waals surface area (Å²) in [4.78, 5) is 14.1. The molecule has 0 radical (unpaired) electrons. The van der Waals surface area contributed by atoms with Crippen LogP contribution in [0.1, 0.15) is 71.6 Å². The molecule has 4 aliphatic carbocycles. The molecular formula is C38H60O18. The lowest BCUT2D eigenvalue weighted by Gasteiger charge is -2.64. The standard InChI is InChI=1S/C38H60O18/c1-16-11-37-9-5-20-35(2,7-4-8-36(20,3)34(50)55-32-29(49)26(46)23(43)18(13-40)52-32)21(37)6-10-38(16,15-37)56-33-30(27(47)24(44)19(14-41)53-33)54-31-28(48)25(45)22(42)17(12-39)51-31/h17-33,39-49H,1,4-15H2,2-3H3/t17-,18+,19-,20-,21+,22-,23+,24-,25+,26-,27+,28+,29+,30+,31+,32-,33+,35-,36-,37-,38+/m1/s1. The largest absolute Gasteiger partial charge is 0.432 e. The van der Waals surface area contributed by atoms with Gasteiger partial charge in [0.1, 0.15) is 73.2 Å². The minimum Gasteiger partial charge on any atom is -0.432 e. The fourth-order valence-electron chi connectivity index (χ4n) is 12.0. The number of ether oxygens (including phenoxy) is 6. The van der Waals surface area contributed by atoms with Gasteiger partial charge in [0.25, 0.3) is 0 Å². The van der Waals surface area contributed by atoms with Crippen LogP contribution in [0.5, 0.6) is 0 Å². The van der Waals surface area contributed by atoms with Crippen molar-refractivity contribution in [2.24, 2.45) is 28.1 Å². The van der Waals surface area contributed by atoms with Crippen LogP contribution >= 0.6 is 0 Å². The van der Waals surface area contributed by atoms with E-state index >= 15 is 0 Å². The van der Waals surface area contributed by atoms with Crippen LogP contribution in [0.2, 0.25) is 0 Å². The van der Waals surface area contributed by atoms with Gasteiger partial charge in [0.15, 0.2) is 12.6 Å². The van der Waals surface area contributed by atoms with E-state index in [-0.39, 0.29) is 22.7 Å². The Morgan fingerprint density at radius 3 is 1.82 bits per heavy atom. The Morgan fingerprint density at radius 2 is 1.21 bits per heavy atom. The number of fused-ring (bicyclic) bond motifs is 3. The van der Waals surface area contributed by atoms with Crippen molar-refractivity contribution in [3.8, 4) is 0 Å². The van der Waals surface area contributed by atoms with Gasteiger partial charge in [-0.05, 0) is 86.5 Å². The van der Waals surface area contributed by atoms with E-state index < -0.39 is 129 Å². The SMILES string of the molecule is C=C1C[C@@]23CC[C@@H]4[C@@](C)(CCC[C@@]4(C)C(=O)O[C@H]4O[C@@H](CO)[C@H](O)[C@@H](O)[C@@H]4O)[C@@H]2CC[C@]1(O[C@@H]1O[C@H](CO)[C@@H](O)[C@H](O)[C@@H]1O[C@@H]1O[C@H](CO)[C@@H](O)[C@H](O)[C@@H]1O)C3. The highest BCUT2D eigenvalue weighted by Gasteiger charge is 2.69. The Morgan fingerprint density at radius 1 is 0.679 bits per heavy atom. The van der Waals surface area contributed by atoms with Crippen LogP contribution in [-0.4, -0.2) is 180 Å². The van der Waals surface area contributed by atoms with Gasteiger partial charge in [-0.2, -0.15) is 0 Å². The fraction of sp³-hybridized carbons (Fsp3) is 0.921. The zero-order valence-electron chi connectivity index (χ0n) is 31.8. The zero-order chi connectivity index (χ0) is 40.7. The third kappa shape index (κ3) is 6.69. The van der Waals surface area contributed by atoms with Crippen molar-refractivity contribution in [2.75, 3.05) is 19.8 Å². The molecule has 0 unspecified atom stereocenters. The van der Waals surface area contributed by atoms with Gasteiger partial charge in [0.05, 0.1) is 30.8 Å². The van der Waals surface area contributed by atoms with Gasteiger partial charge < -0.3 is 84.6 Å². The molecule has 7 fully saturated rings. The van der Waals surface area contributed by atoms with E-state index in [1.807, 2.05) is 6.92 Å². The number of esters is 1. The average molecular weight is 805 g/mol. The first kappa shape index (κ1) is 42.7. The van der Waals surface area contributed by atoms with Gasteiger partial charge in [-0.15, -0.1) is 0 Å². The number of hydrogen-bond donors (Lipinski definition) is 11. The van der Waals surface area contributed by atoms with Crippen molar-refractivity contribution in [1.82, 2.24) is 0 Å². The molecule has 1 spiro atoms. The summed E-state index contributed by atoms with van der Waals surface area (Å²) >= 11 is 0. The summed E-state index contributed by atoms with van der Waals surface area (Å²) in [5.74, 6) is -0.591. The van der Waals surface area contributed by atoms with Crippen molar-refractivity contribution in [3.05, 3.63) is 12.2 Å². The summed E-state index contributed by atoms with van der Waals surface area (Å²) in [5.41, 5.74) is -1.80. The lowest BCUT2D eigenvalue weighted by atomic mass is 9.41. The maximum Gasteiger partial charge on any atom is 0.314 e. The third-order valence-corrected chi connectivity index (χ3v) is 15.0. The second-order valence-electron chi connectivity index (χ2n) is 18.0. The minimum atomic E-state index is -1.81. The number of carbonyl (C=O) groups excluding carboxylic acids is 1. The van der Waals surface area contributed by atoms with Crippen LogP contribution in [0.3, 0.4) is 0 Å². The van der Waals surface area contributed by atoms with E-state index in [1.165, 1.54) is 0 Å². The Balaban J connectivity index is 1.10. The fourth-order valence-corrected chi connectivity index (χ4v) is 12.0. The van der Waals surface area contributed by atoms with Crippen LogP contribution in [0.4, 0.5) is 0 Å². The number of hydrogen-bond acceptors (Lipinski definition) is 18. The predicted molar refractivity (Wildman–Crippen MR) is 186 cm³/mol. The van der Waals surface area contributed by atoms with Gasteiger partial charge in [0, 0.05) is 0 Å². The third-order valence-electron chi connectivity index (χ3n) is 15.0. The van der Waals surface area contributed by atoms with Gasteiger partial charge >= 0.3 is 5.97 Å². The van der Waals surface area contributed by atoms with Crippen LogP contribution in [0, 0.1) is 28.1 Å². The minimum absolute atomic E-state index is 0.121. The molecule has 0 aromatic carbocycles. The van der Waals surface area contributed by atoms with Crippen molar-refractivity contribution in [2.45, 2.75) is 169 Å². The van der Waals surface area contributed by atoms with E-state index in [2.05, 4.69) is 13.5 Å². The summed E-state index contributed by atoms with van der Waals surface area (Å²) < 4.78 is 35.6. The van der Waals surface area contributed by atoms with Crippen LogP contribution in [0.15, 0.2) is 12.2 Å². The summed E-state index contributed by atoms with van der Waals surface area (Å²) in [6.07, 6.45) is -17.8. The molecule has 7 aliphatic rings. The van der Waals surface area contributed by atoms with Gasteiger partial charge in [-0.25, -0.2) is 0 Å². The lowest BCUT2D eigenvalue weighted by Crippen LogP contribution is -2.65. The Hall–Kier alpha value is -1.43. The van der Waals surface area contributed by atoms with Crippen LogP contribution in [-0.2, 0) is 33.2 Å². The molecule has 0 aromatic heterocycles. The molecule has 320 valence electrons. The Bertz CT molecular complexity index is 1450. The molecule has 3 saturated heterocycles. The summed E-state index contributed by atoms with van der Waals surface area (Å²) in [5, 5.41) is 114. The first-order valence-corrected chi connectivity index (χ1v) is 19.9. The first-order valence-electron chi connectivity index (χ1n) is 19.9. The normalized spacial score (nSPS) is 54.6. The maximum atomic E-state index is 14.1. The molecule has 4 saturated carbocycles. The second-order valence-corrected chi connectivity index (χ2v) is 18.0. The maximum absolute atomic E-state index is 14.1. The van der Waals surface area contributed by atoms with Crippen LogP contribution in [0.25, 0.3) is 0 Å². The molecule has 0 aromatic rings. The van der Waals surface area contributed by atoms with Crippen molar-refractivity contribution in [1.29, 1.82) is 0 Å². The van der Waals surface area contributed by atoms with Crippen molar-refractivity contribution >= 4 is 5.97 Å². The molecule has 0 amide bonds. The smallest absolute Gasteiger partial charge is 0.314 e.